The molecule has 0 aliphatic carbocycles. The van der Waals surface area contributed by atoms with Crippen LogP contribution in [0.15, 0.2) is 0 Å². The van der Waals surface area contributed by atoms with E-state index < -0.39 is 0 Å². The summed E-state index contributed by atoms with van der Waals surface area (Å²) in [6.45, 7) is 6.14. The van der Waals surface area contributed by atoms with Gasteiger partial charge >= 0.3 is 0 Å². The zero-order valence-electron chi connectivity index (χ0n) is 9.92. The molecular weight excluding hydrogens is 174 g/mol. The molecule has 0 aromatic heterocycles. The van der Waals surface area contributed by atoms with E-state index in [4.69, 9.17) is 0 Å². The zero-order chi connectivity index (χ0) is 10.4. The van der Waals surface area contributed by atoms with Gasteiger partial charge in [-0.1, -0.05) is 0 Å². The summed E-state index contributed by atoms with van der Waals surface area (Å²) in [4.78, 5) is 4.73. The minimum atomic E-state index is 0.888. The molecule has 1 fully saturated rings. The molecule has 1 N–H and O–H groups in total. The maximum absolute atomic E-state index is 3.42. The first-order valence-electron chi connectivity index (χ1n) is 5.72. The van der Waals surface area contributed by atoms with Gasteiger partial charge in [-0.25, -0.2) is 0 Å². The Balaban J connectivity index is 2.00. The first-order valence-corrected chi connectivity index (χ1v) is 5.72. The molecule has 0 spiro atoms. The number of hydrogen-bond donors (Lipinski definition) is 1. The second-order valence-corrected chi connectivity index (χ2v) is 4.78. The Kier molecular flexibility index (Phi) is 5.45. The molecule has 1 rings (SSSR count). The average Bonchev–Trinajstić information content (AvgIpc) is 2.56. The SMILES string of the molecule is CN(C)CCCN(C)CC1CCNC1. The topological polar surface area (TPSA) is 18.5 Å². The molecule has 1 heterocycles. The van der Waals surface area contributed by atoms with Gasteiger partial charge in [0.05, 0.1) is 0 Å². The van der Waals surface area contributed by atoms with E-state index in [-0.39, 0.29) is 0 Å². The van der Waals surface area contributed by atoms with Crippen molar-refractivity contribution in [3.63, 3.8) is 0 Å². The van der Waals surface area contributed by atoms with Gasteiger partial charge in [0.15, 0.2) is 0 Å². The molecule has 0 amide bonds. The molecule has 3 heteroatoms. The molecule has 3 nitrogen and oxygen atoms in total. The Hall–Kier alpha value is -0.120. The lowest BCUT2D eigenvalue weighted by Crippen LogP contribution is -2.29. The summed E-state index contributed by atoms with van der Waals surface area (Å²) < 4.78 is 0. The summed E-state index contributed by atoms with van der Waals surface area (Å²) >= 11 is 0. The molecule has 1 saturated heterocycles. The normalized spacial score (nSPS) is 22.5. The van der Waals surface area contributed by atoms with Crippen molar-refractivity contribution in [1.29, 1.82) is 0 Å². The van der Waals surface area contributed by atoms with Crippen LogP contribution in [0.4, 0.5) is 0 Å². The lowest BCUT2D eigenvalue weighted by atomic mass is 10.1. The molecule has 1 aliphatic rings. The quantitative estimate of drug-likeness (QED) is 0.671. The summed E-state index contributed by atoms with van der Waals surface area (Å²) in [5, 5.41) is 3.42. The van der Waals surface area contributed by atoms with Crippen LogP contribution in [0.1, 0.15) is 12.8 Å². The second kappa shape index (κ2) is 6.38. The van der Waals surface area contributed by atoms with Crippen molar-refractivity contribution in [2.24, 2.45) is 5.92 Å². The summed E-state index contributed by atoms with van der Waals surface area (Å²) in [6.07, 6.45) is 2.64. The molecule has 0 bridgehead atoms. The van der Waals surface area contributed by atoms with Crippen molar-refractivity contribution < 1.29 is 0 Å². The maximum atomic E-state index is 3.42. The maximum Gasteiger partial charge on any atom is 0.00192 e. The Morgan fingerprint density at radius 2 is 2.00 bits per heavy atom. The molecule has 14 heavy (non-hydrogen) atoms. The molecule has 0 radical (unpaired) electrons. The number of rotatable bonds is 6. The van der Waals surface area contributed by atoms with Crippen molar-refractivity contribution in [3.05, 3.63) is 0 Å². The van der Waals surface area contributed by atoms with E-state index in [1.54, 1.807) is 0 Å². The van der Waals surface area contributed by atoms with Gasteiger partial charge in [-0.3, -0.25) is 0 Å². The van der Waals surface area contributed by atoms with E-state index in [0.29, 0.717) is 0 Å². The molecule has 1 atom stereocenters. The third kappa shape index (κ3) is 4.94. The van der Waals surface area contributed by atoms with Crippen LogP contribution < -0.4 is 5.32 Å². The highest BCUT2D eigenvalue weighted by Crippen LogP contribution is 2.08. The van der Waals surface area contributed by atoms with Gasteiger partial charge in [0.2, 0.25) is 0 Å². The fraction of sp³-hybridized carbons (Fsp3) is 1.00. The Morgan fingerprint density at radius 3 is 2.57 bits per heavy atom. The highest BCUT2D eigenvalue weighted by Gasteiger charge is 2.15. The minimum absolute atomic E-state index is 0.888. The first kappa shape index (κ1) is 12.0. The van der Waals surface area contributed by atoms with Crippen LogP contribution in [0.3, 0.4) is 0 Å². The monoisotopic (exact) mass is 199 g/mol. The molecule has 1 unspecified atom stereocenters. The number of nitrogens with one attached hydrogen (secondary N) is 1. The van der Waals surface area contributed by atoms with Gasteiger partial charge < -0.3 is 15.1 Å². The highest BCUT2D eigenvalue weighted by atomic mass is 15.1. The fourth-order valence-electron chi connectivity index (χ4n) is 2.06. The standard InChI is InChI=1S/C11H25N3/c1-13(2)7-4-8-14(3)10-11-5-6-12-9-11/h11-12H,4-10H2,1-3H3. The summed E-state index contributed by atoms with van der Waals surface area (Å²) in [5.74, 6) is 0.888. The zero-order valence-corrected chi connectivity index (χ0v) is 9.92. The van der Waals surface area contributed by atoms with Crippen molar-refractivity contribution in [2.75, 3.05) is 53.9 Å². The van der Waals surface area contributed by atoms with Crippen molar-refractivity contribution in [3.8, 4) is 0 Å². The van der Waals surface area contributed by atoms with Gasteiger partial charge in [0.25, 0.3) is 0 Å². The third-order valence-corrected chi connectivity index (χ3v) is 2.88. The Morgan fingerprint density at radius 1 is 1.21 bits per heavy atom. The van der Waals surface area contributed by atoms with Crippen LogP contribution in [-0.2, 0) is 0 Å². The summed E-state index contributed by atoms with van der Waals surface area (Å²) in [6, 6.07) is 0. The first-order chi connectivity index (χ1) is 6.68. The number of hydrogen-bond acceptors (Lipinski definition) is 3. The van der Waals surface area contributed by atoms with Gasteiger partial charge in [0.1, 0.15) is 0 Å². The number of nitrogens with zero attached hydrogens (tertiary/aromatic N) is 2. The third-order valence-electron chi connectivity index (χ3n) is 2.88. The summed E-state index contributed by atoms with van der Waals surface area (Å²) in [5.41, 5.74) is 0. The molecular formula is C11H25N3. The predicted octanol–water partition coefficient (Wildman–Crippen LogP) is 0.479. The van der Waals surface area contributed by atoms with Crippen LogP contribution in [0.2, 0.25) is 0 Å². The van der Waals surface area contributed by atoms with E-state index in [9.17, 15) is 0 Å². The van der Waals surface area contributed by atoms with Gasteiger partial charge in [0, 0.05) is 6.54 Å². The minimum Gasteiger partial charge on any atom is -0.316 e. The largest absolute Gasteiger partial charge is 0.316 e. The molecule has 84 valence electrons. The second-order valence-electron chi connectivity index (χ2n) is 4.78. The van der Waals surface area contributed by atoms with Crippen molar-refractivity contribution >= 4 is 0 Å². The van der Waals surface area contributed by atoms with Crippen LogP contribution >= 0.6 is 0 Å². The predicted molar refractivity (Wildman–Crippen MR) is 61.6 cm³/mol. The molecule has 0 saturated carbocycles. The van der Waals surface area contributed by atoms with E-state index in [1.807, 2.05) is 0 Å². The highest BCUT2D eigenvalue weighted by molar-refractivity contribution is 4.73. The van der Waals surface area contributed by atoms with E-state index in [2.05, 4.69) is 36.3 Å². The Labute approximate surface area is 88.5 Å². The van der Waals surface area contributed by atoms with Crippen LogP contribution in [-0.4, -0.2) is 63.7 Å². The van der Waals surface area contributed by atoms with Gasteiger partial charge in [-0.2, -0.15) is 0 Å². The Bertz CT molecular complexity index is 141. The molecule has 0 aromatic rings. The van der Waals surface area contributed by atoms with Crippen LogP contribution in [0, 0.1) is 5.92 Å². The fourth-order valence-corrected chi connectivity index (χ4v) is 2.06. The van der Waals surface area contributed by atoms with Gasteiger partial charge in [-0.05, 0) is 66.1 Å². The summed E-state index contributed by atoms with van der Waals surface area (Å²) in [7, 11) is 6.52. The van der Waals surface area contributed by atoms with Crippen molar-refractivity contribution in [2.45, 2.75) is 12.8 Å². The lowest BCUT2D eigenvalue weighted by Gasteiger charge is -2.21. The average molecular weight is 199 g/mol. The molecule has 0 aromatic carbocycles. The van der Waals surface area contributed by atoms with E-state index >= 15 is 0 Å². The molecule has 1 aliphatic heterocycles. The smallest absolute Gasteiger partial charge is 0.00192 e. The lowest BCUT2D eigenvalue weighted by molar-refractivity contribution is 0.266. The van der Waals surface area contributed by atoms with Crippen LogP contribution in [0.5, 0.6) is 0 Å². The van der Waals surface area contributed by atoms with E-state index in [0.717, 1.165) is 5.92 Å². The van der Waals surface area contributed by atoms with Crippen molar-refractivity contribution in [1.82, 2.24) is 15.1 Å². The van der Waals surface area contributed by atoms with Gasteiger partial charge in [-0.15, -0.1) is 0 Å². The van der Waals surface area contributed by atoms with Crippen LogP contribution in [0.25, 0.3) is 0 Å². The van der Waals surface area contributed by atoms with E-state index in [1.165, 1.54) is 45.6 Å².